The Morgan fingerprint density at radius 2 is 1.82 bits per heavy atom. The van der Waals surface area contributed by atoms with Gasteiger partial charge in [-0.1, -0.05) is 32.6 Å². The summed E-state index contributed by atoms with van der Waals surface area (Å²) in [7, 11) is 4.00. The third-order valence-corrected chi connectivity index (χ3v) is 2.84. The first-order valence-electron chi connectivity index (χ1n) is 6.08. The van der Waals surface area contributed by atoms with Crippen LogP contribution in [-0.2, 0) is 0 Å². The van der Waals surface area contributed by atoms with Gasteiger partial charge in [-0.15, -0.1) is 0 Å². The van der Waals surface area contributed by atoms with Crippen molar-refractivity contribution < 1.29 is 4.74 Å². The maximum absolute atomic E-state index is 5.67. The largest absolute Gasteiger partial charge is 0.493 e. The quantitative estimate of drug-likeness (QED) is 0.743. The third-order valence-electron chi connectivity index (χ3n) is 2.84. The summed E-state index contributed by atoms with van der Waals surface area (Å²) in [6, 6.07) is 8.32. The lowest BCUT2D eigenvalue weighted by atomic mass is 10.0. The second kappa shape index (κ2) is 6.33. The summed E-state index contributed by atoms with van der Waals surface area (Å²) >= 11 is 0. The molecule has 0 aliphatic rings. The van der Waals surface area contributed by atoms with Crippen molar-refractivity contribution in [3.8, 4) is 5.75 Å². The number of hydrogen-bond acceptors (Lipinski definition) is 2. The molecule has 2 nitrogen and oxygen atoms in total. The molecular formula is C15H23NO. The molecule has 0 saturated carbocycles. The predicted molar refractivity (Wildman–Crippen MR) is 73.5 cm³/mol. The van der Waals surface area contributed by atoms with Gasteiger partial charge in [0, 0.05) is 26.2 Å². The molecule has 0 saturated heterocycles. The Kier molecular flexibility index (Phi) is 5.08. The van der Waals surface area contributed by atoms with E-state index in [1.54, 1.807) is 0 Å². The Hall–Kier alpha value is -1.44. The standard InChI is InChI=1S/C15H23NO/c1-12(2)14-6-8-15(9-7-14)17-11-10-13(3)16(4)5/h6-9,12H,3,10-11H2,1-2,4-5H3. The maximum Gasteiger partial charge on any atom is 0.119 e. The first kappa shape index (κ1) is 13.6. The van der Waals surface area contributed by atoms with E-state index >= 15 is 0 Å². The van der Waals surface area contributed by atoms with Crippen LogP contribution in [-0.4, -0.2) is 25.6 Å². The van der Waals surface area contributed by atoms with E-state index in [2.05, 4.69) is 32.6 Å². The number of hydrogen-bond donors (Lipinski definition) is 0. The van der Waals surface area contributed by atoms with Crippen LogP contribution in [0.2, 0.25) is 0 Å². The highest BCUT2D eigenvalue weighted by Crippen LogP contribution is 2.18. The number of ether oxygens (including phenoxy) is 1. The van der Waals surface area contributed by atoms with Crippen molar-refractivity contribution in [3.05, 3.63) is 42.1 Å². The molecule has 0 unspecified atom stereocenters. The van der Waals surface area contributed by atoms with Crippen LogP contribution < -0.4 is 4.74 Å². The molecule has 0 bridgehead atoms. The summed E-state index contributed by atoms with van der Waals surface area (Å²) < 4.78 is 5.67. The summed E-state index contributed by atoms with van der Waals surface area (Å²) in [5.74, 6) is 1.50. The second-order valence-corrected chi connectivity index (χ2v) is 4.78. The first-order valence-corrected chi connectivity index (χ1v) is 6.08. The summed E-state index contributed by atoms with van der Waals surface area (Å²) in [4.78, 5) is 2.02. The summed E-state index contributed by atoms with van der Waals surface area (Å²) in [5.41, 5.74) is 2.43. The Labute approximate surface area is 105 Å². The Bertz CT molecular complexity index is 352. The Balaban J connectivity index is 2.40. The molecule has 1 aromatic rings. The molecule has 0 aliphatic carbocycles. The van der Waals surface area contributed by atoms with Crippen LogP contribution in [0.15, 0.2) is 36.5 Å². The van der Waals surface area contributed by atoms with E-state index in [9.17, 15) is 0 Å². The van der Waals surface area contributed by atoms with E-state index in [0.29, 0.717) is 12.5 Å². The highest BCUT2D eigenvalue weighted by atomic mass is 16.5. The van der Waals surface area contributed by atoms with Crippen LogP contribution in [0.5, 0.6) is 5.75 Å². The van der Waals surface area contributed by atoms with Crippen molar-refractivity contribution >= 4 is 0 Å². The Morgan fingerprint density at radius 1 is 1.24 bits per heavy atom. The van der Waals surface area contributed by atoms with Gasteiger partial charge in [0.25, 0.3) is 0 Å². The molecule has 0 heterocycles. The Morgan fingerprint density at radius 3 is 2.29 bits per heavy atom. The van der Waals surface area contributed by atoms with Crippen molar-refractivity contribution in [1.29, 1.82) is 0 Å². The fourth-order valence-electron chi connectivity index (χ4n) is 1.46. The zero-order chi connectivity index (χ0) is 12.8. The van der Waals surface area contributed by atoms with Gasteiger partial charge in [0.1, 0.15) is 5.75 Å². The highest BCUT2D eigenvalue weighted by Gasteiger charge is 2.00. The minimum atomic E-state index is 0.567. The molecule has 0 spiro atoms. The smallest absolute Gasteiger partial charge is 0.119 e. The van der Waals surface area contributed by atoms with Crippen LogP contribution in [0.1, 0.15) is 31.7 Å². The average Bonchev–Trinajstić information content (AvgIpc) is 2.29. The van der Waals surface area contributed by atoms with Gasteiger partial charge in [-0.05, 0) is 23.6 Å². The van der Waals surface area contributed by atoms with Crippen LogP contribution in [0.25, 0.3) is 0 Å². The zero-order valence-corrected chi connectivity index (χ0v) is 11.4. The topological polar surface area (TPSA) is 12.5 Å². The molecule has 17 heavy (non-hydrogen) atoms. The van der Waals surface area contributed by atoms with Crippen LogP contribution in [0.4, 0.5) is 0 Å². The summed E-state index contributed by atoms with van der Waals surface area (Å²) in [6.07, 6.45) is 0.860. The molecule has 0 aromatic heterocycles. The minimum absolute atomic E-state index is 0.567. The first-order chi connectivity index (χ1) is 8.00. The van der Waals surface area contributed by atoms with E-state index in [4.69, 9.17) is 4.74 Å². The van der Waals surface area contributed by atoms with Crippen LogP contribution in [0, 0.1) is 0 Å². The van der Waals surface area contributed by atoms with Gasteiger partial charge in [0.05, 0.1) is 6.61 Å². The van der Waals surface area contributed by atoms with E-state index < -0.39 is 0 Å². The predicted octanol–water partition coefficient (Wildman–Crippen LogP) is 3.65. The molecule has 0 fully saturated rings. The normalized spacial score (nSPS) is 10.4. The highest BCUT2D eigenvalue weighted by molar-refractivity contribution is 5.28. The lowest BCUT2D eigenvalue weighted by Gasteiger charge is -2.16. The molecule has 0 amide bonds. The minimum Gasteiger partial charge on any atom is -0.493 e. The molecule has 1 aromatic carbocycles. The van der Waals surface area contributed by atoms with E-state index in [0.717, 1.165) is 17.9 Å². The van der Waals surface area contributed by atoms with Gasteiger partial charge < -0.3 is 9.64 Å². The van der Waals surface area contributed by atoms with E-state index in [1.807, 2.05) is 31.1 Å². The zero-order valence-electron chi connectivity index (χ0n) is 11.4. The van der Waals surface area contributed by atoms with Crippen molar-refractivity contribution in [2.45, 2.75) is 26.2 Å². The van der Waals surface area contributed by atoms with E-state index in [-0.39, 0.29) is 0 Å². The van der Waals surface area contributed by atoms with Gasteiger partial charge in [0.2, 0.25) is 0 Å². The van der Waals surface area contributed by atoms with Crippen molar-refractivity contribution in [2.24, 2.45) is 0 Å². The van der Waals surface area contributed by atoms with Gasteiger partial charge >= 0.3 is 0 Å². The van der Waals surface area contributed by atoms with Crippen LogP contribution in [0.3, 0.4) is 0 Å². The monoisotopic (exact) mass is 233 g/mol. The number of rotatable bonds is 6. The molecule has 0 aliphatic heterocycles. The molecular weight excluding hydrogens is 210 g/mol. The average molecular weight is 233 g/mol. The molecule has 0 atom stereocenters. The van der Waals surface area contributed by atoms with Gasteiger partial charge in [-0.2, -0.15) is 0 Å². The van der Waals surface area contributed by atoms with E-state index in [1.165, 1.54) is 5.56 Å². The molecule has 1 rings (SSSR count). The van der Waals surface area contributed by atoms with Gasteiger partial charge in [-0.25, -0.2) is 0 Å². The van der Waals surface area contributed by atoms with Crippen molar-refractivity contribution in [2.75, 3.05) is 20.7 Å². The summed E-state index contributed by atoms with van der Waals surface area (Å²) in [5, 5.41) is 0. The number of nitrogens with zero attached hydrogens (tertiary/aromatic N) is 1. The fraction of sp³-hybridized carbons (Fsp3) is 0.467. The lowest BCUT2D eigenvalue weighted by molar-refractivity contribution is 0.307. The van der Waals surface area contributed by atoms with Crippen molar-refractivity contribution in [1.82, 2.24) is 4.90 Å². The SMILES string of the molecule is C=C(CCOc1ccc(C(C)C)cc1)N(C)C. The second-order valence-electron chi connectivity index (χ2n) is 4.78. The molecule has 0 radical (unpaired) electrons. The number of benzene rings is 1. The fourth-order valence-corrected chi connectivity index (χ4v) is 1.46. The van der Waals surface area contributed by atoms with Gasteiger partial charge in [-0.3, -0.25) is 0 Å². The maximum atomic E-state index is 5.67. The van der Waals surface area contributed by atoms with Crippen molar-refractivity contribution in [3.63, 3.8) is 0 Å². The molecule has 0 N–H and O–H groups in total. The lowest BCUT2D eigenvalue weighted by Crippen LogP contribution is -2.12. The van der Waals surface area contributed by atoms with Crippen LogP contribution >= 0.6 is 0 Å². The third kappa shape index (κ3) is 4.51. The molecule has 2 heteroatoms. The molecule has 94 valence electrons. The summed E-state index contributed by atoms with van der Waals surface area (Å²) in [6.45, 7) is 9.03. The van der Waals surface area contributed by atoms with Gasteiger partial charge in [0.15, 0.2) is 0 Å².